The Morgan fingerprint density at radius 1 is 1.24 bits per heavy atom. The molecule has 0 spiro atoms. The highest BCUT2D eigenvalue weighted by molar-refractivity contribution is 5.98. The van der Waals surface area contributed by atoms with E-state index in [2.05, 4.69) is 0 Å². The third kappa shape index (κ3) is 4.00. The minimum atomic E-state index is -1.14. The van der Waals surface area contributed by atoms with E-state index in [0.717, 1.165) is 11.1 Å². The number of nitrogens with one attached hydrogen (secondary N) is 1. The molecule has 1 aromatic carbocycles. The maximum Gasteiger partial charge on any atom is 0.217 e. The molecule has 0 amide bonds. The zero-order valence-electron chi connectivity index (χ0n) is 10.4. The highest BCUT2D eigenvalue weighted by Crippen LogP contribution is 2.10. The molecular formula is C13H17NO3. The van der Waals surface area contributed by atoms with Gasteiger partial charge in [-0.05, 0) is 19.4 Å². The molecule has 92 valence electrons. The first-order valence-electron chi connectivity index (χ1n) is 5.51. The van der Waals surface area contributed by atoms with Crippen LogP contribution in [0.3, 0.4) is 0 Å². The van der Waals surface area contributed by atoms with Gasteiger partial charge in [-0.2, -0.15) is 0 Å². The summed E-state index contributed by atoms with van der Waals surface area (Å²) in [6.07, 6.45) is 0. The molecule has 0 aliphatic carbocycles. The van der Waals surface area contributed by atoms with Gasteiger partial charge < -0.3 is 14.8 Å². The van der Waals surface area contributed by atoms with Gasteiger partial charge >= 0.3 is 0 Å². The number of ketones is 1. The predicted octanol–water partition coefficient (Wildman–Crippen LogP) is -1.25. The number of hydrogen-bond donors (Lipinski definition) is 1. The van der Waals surface area contributed by atoms with Gasteiger partial charge in [-0.1, -0.05) is 23.8 Å². The monoisotopic (exact) mass is 235 g/mol. The van der Waals surface area contributed by atoms with Crippen LogP contribution in [-0.2, 0) is 4.79 Å². The van der Waals surface area contributed by atoms with Crippen molar-refractivity contribution in [2.24, 2.45) is 0 Å². The third-order valence-corrected chi connectivity index (χ3v) is 2.59. The number of quaternary nitrogens is 1. The van der Waals surface area contributed by atoms with Crippen LogP contribution in [0.4, 0.5) is 0 Å². The van der Waals surface area contributed by atoms with Gasteiger partial charge in [-0.25, -0.2) is 0 Å². The average molecular weight is 235 g/mol. The maximum absolute atomic E-state index is 11.9. The van der Waals surface area contributed by atoms with Crippen LogP contribution in [0, 0.1) is 13.8 Å². The van der Waals surface area contributed by atoms with E-state index < -0.39 is 5.97 Å². The lowest BCUT2D eigenvalue weighted by Crippen LogP contribution is -3.11. The molecule has 0 radical (unpaired) electrons. The van der Waals surface area contributed by atoms with Crippen molar-refractivity contribution in [1.82, 2.24) is 0 Å². The van der Waals surface area contributed by atoms with E-state index in [9.17, 15) is 14.7 Å². The molecule has 0 aliphatic rings. The van der Waals surface area contributed by atoms with Gasteiger partial charge in [0, 0.05) is 5.56 Å². The molecule has 1 aromatic rings. The number of rotatable bonds is 5. The van der Waals surface area contributed by atoms with Crippen LogP contribution < -0.4 is 10.0 Å². The molecule has 0 bridgehead atoms. The van der Waals surface area contributed by atoms with Crippen molar-refractivity contribution in [3.8, 4) is 0 Å². The summed E-state index contributed by atoms with van der Waals surface area (Å²) in [6, 6.07) is 5.62. The Morgan fingerprint density at radius 3 is 2.41 bits per heavy atom. The fourth-order valence-electron chi connectivity index (χ4n) is 1.80. The molecule has 0 saturated heterocycles. The Morgan fingerprint density at radius 2 is 1.88 bits per heavy atom. The van der Waals surface area contributed by atoms with Crippen LogP contribution in [0.25, 0.3) is 0 Å². The molecule has 4 nitrogen and oxygen atoms in total. The summed E-state index contributed by atoms with van der Waals surface area (Å²) in [5.74, 6) is -1.18. The Kier molecular flexibility index (Phi) is 4.40. The van der Waals surface area contributed by atoms with Crippen molar-refractivity contribution in [3.63, 3.8) is 0 Å². The van der Waals surface area contributed by atoms with Crippen molar-refractivity contribution >= 4 is 11.8 Å². The number of likely N-dealkylation sites (N-methyl/N-ethyl adjacent to an activating group) is 1. The smallest absolute Gasteiger partial charge is 0.217 e. The lowest BCUT2D eigenvalue weighted by Gasteiger charge is -2.14. The number of carbonyl (C=O) groups is 2. The predicted molar refractivity (Wildman–Crippen MR) is 61.9 cm³/mol. The van der Waals surface area contributed by atoms with Gasteiger partial charge in [0.25, 0.3) is 0 Å². The van der Waals surface area contributed by atoms with Gasteiger partial charge in [0.05, 0.1) is 13.0 Å². The zero-order valence-corrected chi connectivity index (χ0v) is 10.4. The van der Waals surface area contributed by atoms with E-state index in [-0.39, 0.29) is 18.9 Å². The summed E-state index contributed by atoms with van der Waals surface area (Å²) in [5.41, 5.74) is 2.69. The fourth-order valence-corrected chi connectivity index (χ4v) is 1.80. The van der Waals surface area contributed by atoms with E-state index in [0.29, 0.717) is 10.5 Å². The molecule has 1 N–H and O–H groups in total. The van der Waals surface area contributed by atoms with Gasteiger partial charge in [-0.15, -0.1) is 0 Å². The molecule has 1 rings (SSSR count). The number of aliphatic carboxylic acids is 1. The van der Waals surface area contributed by atoms with E-state index in [1.165, 1.54) is 0 Å². The number of hydrogen-bond acceptors (Lipinski definition) is 3. The number of carboxylic acid groups (broad SMARTS) is 1. The van der Waals surface area contributed by atoms with Crippen molar-refractivity contribution in [2.75, 3.05) is 20.1 Å². The molecule has 4 heteroatoms. The summed E-state index contributed by atoms with van der Waals surface area (Å²) >= 11 is 0. The SMILES string of the molecule is Cc1ccc(C(=O)C[NH+](C)CC(=O)[O-])c(C)c1. The quantitative estimate of drug-likeness (QED) is 0.649. The first-order chi connectivity index (χ1) is 7.90. The number of carbonyl (C=O) groups excluding carboxylic acids is 2. The van der Waals surface area contributed by atoms with Crippen LogP contribution in [-0.4, -0.2) is 31.9 Å². The topological polar surface area (TPSA) is 61.6 Å². The lowest BCUT2D eigenvalue weighted by molar-refractivity contribution is -0.864. The number of benzene rings is 1. The minimum Gasteiger partial charge on any atom is -0.544 e. The van der Waals surface area contributed by atoms with Gasteiger partial charge in [-0.3, -0.25) is 4.79 Å². The van der Waals surface area contributed by atoms with Crippen molar-refractivity contribution in [3.05, 3.63) is 34.9 Å². The summed E-state index contributed by atoms with van der Waals surface area (Å²) in [6.45, 7) is 3.86. The Balaban J connectivity index is 2.73. The van der Waals surface area contributed by atoms with Gasteiger partial charge in [0.1, 0.15) is 13.1 Å². The Labute approximate surface area is 101 Å². The largest absolute Gasteiger partial charge is 0.544 e. The standard InChI is InChI=1S/C13H17NO3/c1-9-4-5-11(10(2)6-9)12(15)7-14(3)8-13(16)17/h4-6H,7-8H2,1-3H3,(H,16,17). The minimum absolute atomic E-state index is 0.0405. The highest BCUT2D eigenvalue weighted by Gasteiger charge is 2.14. The average Bonchev–Trinajstić information content (AvgIpc) is 2.15. The Bertz CT molecular complexity index is 440. The van der Waals surface area contributed by atoms with Crippen molar-refractivity contribution in [2.45, 2.75) is 13.8 Å². The summed E-state index contributed by atoms with van der Waals surface area (Å²) in [5, 5.41) is 10.4. The molecule has 0 aliphatic heterocycles. The molecule has 0 heterocycles. The molecular weight excluding hydrogens is 218 g/mol. The molecule has 17 heavy (non-hydrogen) atoms. The first kappa shape index (κ1) is 13.4. The molecule has 1 atom stereocenters. The van der Waals surface area contributed by atoms with Crippen molar-refractivity contribution in [1.29, 1.82) is 0 Å². The van der Waals surface area contributed by atoms with Crippen LogP contribution in [0.2, 0.25) is 0 Å². The van der Waals surface area contributed by atoms with Crippen LogP contribution in [0.1, 0.15) is 21.5 Å². The number of carboxylic acids is 1. The second kappa shape index (κ2) is 5.59. The second-order valence-corrected chi connectivity index (χ2v) is 4.42. The summed E-state index contributed by atoms with van der Waals surface area (Å²) in [4.78, 5) is 23.0. The molecule has 0 fully saturated rings. The van der Waals surface area contributed by atoms with Crippen LogP contribution in [0.5, 0.6) is 0 Å². The van der Waals surface area contributed by atoms with E-state index in [1.54, 1.807) is 13.1 Å². The first-order valence-corrected chi connectivity index (χ1v) is 5.51. The molecule has 0 saturated carbocycles. The number of Topliss-reactive ketones (excluding diaryl/α,β-unsaturated/α-hetero) is 1. The normalized spacial score (nSPS) is 12.2. The second-order valence-electron chi connectivity index (χ2n) is 4.42. The van der Waals surface area contributed by atoms with Crippen molar-refractivity contribution < 1.29 is 19.6 Å². The van der Waals surface area contributed by atoms with E-state index in [1.807, 2.05) is 26.0 Å². The summed E-state index contributed by atoms with van der Waals surface area (Å²) < 4.78 is 0. The lowest BCUT2D eigenvalue weighted by atomic mass is 10.0. The van der Waals surface area contributed by atoms with E-state index >= 15 is 0 Å². The van der Waals surface area contributed by atoms with Gasteiger partial charge in [0.2, 0.25) is 5.78 Å². The Hall–Kier alpha value is -1.68. The van der Waals surface area contributed by atoms with Crippen LogP contribution >= 0.6 is 0 Å². The maximum atomic E-state index is 11.9. The van der Waals surface area contributed by atoms with Crippen LogP contribution in [0.15, 0.2) is 18.2 Å². The summed E-state index contributed by atoms with van der Waals surface area (Å²) in [7, 11) is 1.66. The molecule has 1 unspecified atom stereocenters. The zero-order chi connectivity index (χ0) is 13.0. The fraction of sp³-hybridized carbons (Fsp3) is 0.385. The van der Waals surface area contributed by atoms with Gasteiger partial charge in [0.15, 0.2) is 0 Å². The number of aryl methyl sites for hydroxylation is 2. The highest BCUT2D eigenvalue weighted by atomic mass is 16.4. The van der Waals surface area contributed by atoms with E-state index in [4.69, 9.17) is 0 Å². The third-order valence-electron chi connectivity index (χ3n) is 2.59. The molecule has 0 aromatic heterocycles.